The second kappa shape index (κ2) is 7.48. The molecule has 0 radical (unpaired) electrons. The molecule has 4 heteroatoms. The first kappa shape index (κ1) is 14.3. The van der Waals surface area contributed by atoms with Crippen molar-refractivity contribution in [1.82, 2.24) is 5.32 Å². The molecular weight excluding hydrogens is 306 g/mol. The Labute approximate surface area is 122 Å². The number of halogens is 1. The average Bonchev–Trinajstić information content (AvgIpc) is 2.86. The quantitative estimate of drug-likeness (QED) is 0.840. The van der Waals surface area contributed by atoms with Crippen LogP contribution >= 0.6 is 15.9 Å². The summed E-state index contributed by atoms with van der Waals surface area (Å²) < 4.78 is 12.2. The van der Waals surface area contributed by atoms with Gasteiger partial charge in [-0.2, -0.15) is 0 Å². The topological polar surface area (TPSA) is 34.4 Å². The molecule has 0 bridgehead atoms. The first-order valence-electron chi connectivity index (χ1n) is 6.38. The van der Waals surface area contributed by atoms with Gasteiger partial charge in [0.05, 0.1) is 12.9 Å². The van der Waals surface area contributed by atoms with Gasteiger partial charge in [-0.05, 0) is 24.2 Å². The van der Waals surface area contributed by atoms with Crippen LogP contribution in [-0.2, 0) is 24.5 Å². The molecule has 0 aliphatic rings. The largest absolute Gasteiger partial charge is 0.467 e. The summed E-state index contributed by atoms with van der Waals surface area (Å²) in [6.07, 6.45) is 1.71. The van der Waals surface area contributed by atoms with E-state index in [-0.39, 0.29) is 0 Å². The van der Waals surface area contributed by atoms with Crippen LogP contribution in [0.2, 0.25) is 0 Å². The summed E-state index contributed by atoms with van der Waals surface area (Å²) in [6.45, 7) is 4.92. The molecule has 0 unspecified atom stereocenters. The van der Waals surface area contributed by atoms with Gasteiger partial charge in [0.1, 0.15) is 12.4 Å². The summed E-state index contributed by atoms with van der Waals surface area (Å²) >= 11 is 3.51. The summed E-state index contributed by atoms with van der Waals surface area (Å²) in [4.78, 5) is 0. The molecule has 0 aliphatic carbocycles. The van der Waals surface area contributed by atoms with Gasteiger partial charge in [-0.15, -0.1) is 0 Å². The highest BCUT2D eigenvalue weighted by Gasteiger charge is 2.06. The number of hydrogen-bond acceptors (Lipinski definition) is 3. The van der Waals surface area contributed by atoms with Gasteiger partial charge in [0.15, 0.2) is 0 Å². The zero-order valence-corrected chi connectivity index (χ0v) is 12.6. The lowest BCUT2D eigenvalue weighted by atomic mass is 10.2. The minimum absolute atomic E-state index is 0.495. The van der Waals surface area contributed by atoms with E-state index in [1.165, 1.54) is 0 Å². The molecule has 19 heavy (non-hydrogen) atoms. The molecule has 0 saturated carbocycles. The molecule has 0 amide bonds. The van der Waals surface area contributed by atoms with Crippen LogP contribution in [-0.4, -0.2) is 6.54 Å². The lowest BCUT2D eigenvalue weighted by Crippen LogP contribution is -2.12. The first-order chi connectivity index (χ1) is 9.31. The molecule has 0 spiro atoms. The Kier molecular flexibility index (Phi) is 5.63. The highest BCUT2D eigenvalue weighted by molar-refractivity contribution is 9.10. The van der Waals surface area contributed by atoms with Crippen LogP contribution in [0.5, 0.6) is 0 Å². The van der Waals surface area contributed by atoms with Gasteiger partial charge in [0.25, 0.3) is 0 Å². The maximum absolute atomic E-state index is 5.71. The Hall–Kier alpha value is -1.10. The monoisotopic (exact) mass is 323 g/mol. The standard InChI is InChI=1S/C15H18BrNO2/c1-2-17-9-12-7-8-19-15(12)11-18-10-13-5-3-4-6-14(13)16/h3-8,17H,2,9-11H2,1H3. The lowest BCUT2D eigenvalue weighted by Gasteiger charge is -2.06. The van der Waals surface area contributed by atoms with Gasteiger partial charge in [-0.1, -0.05) is 41.1 Å². The van der Waals surface area contributed by atoms with Gasteiger partial charge >= 0.3 is 0 Å². The molecule has 1 N–H and O–H groups in total. The van der Waals surface area contributed by atoms with E-state index in [9.17, 15) is 0 Å². The third-order valence-electron chi connectivity index (χ3n) is 2.85. The van der Waals surface area contributed by atoms with Crippen molar-refractivity contribution in [2.75, 3.05) is 6.54 Å². The zero-order chi connectivity index (χ0) is 13.5. The second-order valence-corrected chi connectivity index (χ2v) is 5.09. The molecule has 2 aromatic rings. The van der Waals surface area contributed by atoms with E-state index in [1.807, 2.05) is 30.3 Å². The Morgan fingerprint density at radius 2 is 2.00 bits per heavy atom. The van der Waals surface area contributed by atoms with E-state index in [2.05, 4.69) is 28.2 Å². The number of furan rings is 1. The van der Waals surface area contributed by atoms with Crippen molar-refractivity contribution in [3.63, 3.8) is 0 Å². The fourth-order valence-corrected chi connectivity index (χ4v) is 2.18. The molecule has 0 atom stereocenters. The van der Waals surface area contributed by atoms with Crippen molar-refractivity contribution in [3.8, 4) is 0 Å². The highest BCUT2D eigenvalue weighted by atomic mass is 79.9. The van der Waals surface area contributed by atoms with Crippen LogP contribution in [0.1, 0.15) is 23.8 Å². The van der Waals surface area contributed by atoms with Gasteiger partial charge in [-0.3, -0.25) is 0 Å². The first-order valence-corrected chi connectivity index (χ1v) is 7.17. The third kappa shape index (κ3) is 4.20. The summed E-state index contributed by atoms with van der Waals surface area (Å²) in [6, 6.07) is 10.1. The van der Waals surface area contributed by atoms with E-state index in [1.54, 1.807) is 6.26 Å². The van der Waals surface area contributed by atoms with Crippen LogP contribution < -0.4 is 5.32 Å². The molecule has 0 saturated heterocycles. The zero-order valence-electron chi connectivity index (χ0n) is 11.0. The van der Waals surface area contributed by atoms with Gasteiger partial charge < -0.3 is 14.5 Å². The van der Waals surface area contributed by atoms with Crippen LogP contribution in [0.4, 0.5) is 0 Å². The maximum Gasteiger partial charge on any atom is 0.133 e. The highest BCUT2D eigenvalue weighted by Crippen LogP contribution is 2.18. The normalized spacial score (nSPS) is 10.8. The predicted octanol–water partition coefficient (Wildman–Crippen LogP) is 3.87. The number of hydrogen-bond donors (Lipinski definition) is 1. The predicted molar refractivity (Wildman–Crippen MR) is 78.7 cm³/mol. The molecule has 0 fully saturated rings. The molecule has 1 heterocycles. The van der Waals surface area contributed by atoms with Crippen molar-refractivity contribution in [2.45, 2.75) is 26.7 Å². The molecule has 1 aromatic heterocycles. The van der Waals surface area contributed by atoms with E-state index >= 15 is 0 Å². The summed E-state index contributed by atoms with van der Waals surface area (Å²) in [5, 5.41) is 3.29. The van der Waals surface area contributed by atoms with E-state index in [0.717, 1.165) is 34.4 Å². The number of nitrogens with one attached hydrogen (secondary N) is 1. The summed E-state index contributed by atoms with van der Waals surface area (Å²) in [5.41, 5.74) is 2.30. The third-order valence-corrected chi connectivity index (χ3v) is 3.63. The lowest BCUT2D eigenvalue weighted by molar-refractivity contribution is 0.0917. The number of benzene rings is 1. The minimum atomic E-state index is 0.495. The van der Waals surface area contributed by atoms with E-state index in [0.29, 0.717) is 13.2 Å². The molecule has 102 valence electrons. The number of ether oxygens (including phenoxy) is 1. The van der Waals surface area contributed by atoms with Crippen LogP contribution in [0.15, 0.2) is 45.5 Å². The molecular formula is C15H18BrNO2. The smallest absolute Gasteiger partial charge is 0.133 e. The van der Waals surface area contributed by atoms with E-state index < -0.39 is 0 Å². The maximum atomic E-state index is 5.71. The molecule has 3 nitrogen and oxygen atoms in total. The average molecular weight is 324 g/mol. The SMILES string of the molecule is CCNCc1ccoc1COCc1ccccc1Br. The summed E-state index contributed by atoms with van der Waals surface area (Å²) in [5.74, 6) is 0.896. The van der Waals surface area contributed by atoms with Gasteiger partial charge in [0.2, 0.25) is 0 Å². The number of rotatable bonds is 7. The van der Waals surface area contributed by atoms with Gasteiger partial charge in [-0.25, -0.2) is 0 Å². The molecule has 0 aliphatic heterocycles. The van der Waals surface area contributed by atoms with Crippen LogP contribution in [0.25, 0.3) is 0 Å². The fourth-order valence-electron chi connectivity index (χ4n) is 1.78. The Morgan fingerprint density at radius 1 is 1.16 bits per heavy atom. The Balaban J connectivity index is 1.86. The second-order valence-electron chi connectivity index (χ2n) is 4.23. The molecule has 2 rings (SSSR count). The molecule has 1 aromatic carbocycles. The van der Waals surface area contributed by atoms with Crippen LogP contribution in [0, 0.1) is 0 Å². The Morgan fingerprint density at radius 3 is 2.79 bits per heavy atom. The van der Waals surface area contributed by atoms with Crippen molar-refractivity contribution in [1.29, 1.82) is 0 Å². The van der Waals surface area contributed by atoms with Crippen molar-refractivity contribution in [2.24, 2.45) is 0 Å². The Bertz CT molecular complexity index is 510. The van der Waals surface area contributed by atoms with Crippen molar-refractivity contribution >= 4 is 15.9 Å². The van der Waals surface area contributed by atoms with Gasteiger partial charge in [0, 0.05) is 16.6 Å². The van der Waals surface area contributed by atoms with Crippen molar-refractivity contribution < 1.29 is 9.15 Å². The van der Waals surface area contributed by atoms with Crippen LogP contribution in [0.3, 0.4) is 0 Å². The minimum Gasteiger partial charge on any atom is -0.467 e. The summed E-state index contributed by atoms with van der Waals surface area (Å²) in [7, 11) is 0. The fraction of sp³-hybridized carbons (Fsp3) is 0.333. The van der Waals surface area contributed by atoms with Crippen molar-refractivity contribution in [3.05, 3.63) is 58.0 Å². The van der Waals surface area contributed by atoms with E-state index in [4.69, 9.17) is 9.15 Å².